The first-order chi connectivity index (χ1) is 12.1. The van der Waals surface area contributed by atoms with Gasteiger partial charge >= 0.3 is 0 Å². The zero-order valence-corrected chi connectivity index (χ0v) is 13.7. The van der Waals surface area contributed by atoms with Crippen molar-refractivity contribution in [3.05, 3.63) is 47.5 Å². The van der Waals surface area contributed by atoms with Gasteiger partial charge < -0.3 is 9.80 Å². The molecule has 130 valence electrons. The highest BCUT2D eigenvalue weighted by Gasteiger charge is 2.45. The van der Waals surface area contributed by atoms with Gasteiger partial charge in [-0.25, -0.2) is 19.8 Å². The van der Waals surface area contributed by atoms with Gasteiger partial charge in [-0.1, -0.05) is 6.07 Å². The minimum atomic E-state index is -0.643. The van der Waals surface area contributed by atoms with Crippen LogP contribution < -0.4 is 15.3 Å². The van der Waals surface area contributed by atoms with Gasteiger partial charge in [-0.3, -0.25) is 10.0 Å². The molecule has 1 aromatic heterocycles. The lowest BCUT2D eigenvalue weighted by Crippen LogP contribution is -2.47. The minimum absolute atomic E-state index is 0.185. The van der Waals surface area contributed by atoms with Crippen LogP contribution in [0.2, 0.25) is 0 Å². The van der Waals surface area contributed by atoms with E-state index in [4.69, 9.17) is 5.21 Å². The van der Waals surface area contributed by atoms with E-state index in [1.165, 1.54) is 12.4 Å². The molecule has 2 aliphatic heterocycles. The molecule has 25 heavy (non-hydrogen) atoms. The van der Waals surface area contributed by atoms with Crippen LogP contribution in [0.3, 0.4) is 0 Å². The number of rotatable bonds is 3. The highest BCUT2D eigenvalue weighted by Crippen LogP contribution is 2.37. The summed E-state index contributed by atoms with van der Waals surface area (Å²) >= 11 is 0. The number of aryl methyl sites for hydroxylation is 1. The highest BCUT2D eigenvalue weighted by atomic mass is 19.1. The second kappa shape index (κ2) is 5.96. The Morgan fingerprint density at radius 1 is 1.24 bits per heavy atom. The Labute approximate surface area is 144 Å². The number of piperazine rings is 1. The first-order valence-electron chi connectivity index (χ1n) is 8.12. The topological polar surface area (TPSA) is 81.6 Å². The van der Waals surface area contributed by atoms with Crippen molar-refractivity contribution in [1.29, 1.82) is 0 Å². The lowest BCUT2D eigenvalue weighted by molar-refractivity contribution is 0.0705. The lowest BCUT2D eigenvalue weighted by Gasteiger charge is -2.35. The summed E-state index contributed by atoms with van der Waals surface area (Å²) in [5, 5.41) is 8.63. The largest absolute Gasteiger partial charge is 0.362 e. The first-order valence-corrected chi connectivity index (χ1v) is 8.12. The summed E-state index contributed by atoms with van der Waals surface area (Å²) in [5.41, 5.74) is 3.31. The molecule has 1 amide bonds. The number of fused-ring (bicyclic) bond motifs is 2. The van der Waals surface area contributed by atoms with Gasteiger partial charge in [-0.15, -0.1) is 0 Å². The molecule has 0 aliphatic carbocycles. The van der Waals surface area contributed by atoms with Crippen LogP contribution in [-0.2, 0) is 0 Å². The van der Waals surface area contributed by atoms with Crippen molar-refractivity contribution in [1.82, 2.24) is 15.4 Å². The fourth-order valence-electron chi connectivity index (χ4n) is 3.70. The van der Waals surface area contributed by atoms with Crippen LogP contribution in [0.15, 0.2) is 30.6 Å². The molecule has 0 radical (unpaired) electrons. The summed E-state index contributed by atoms with van der Waals surface area (Å²) in [6, 6.07) is 5.76. The number of hydrogen-bond donors (Lipinski definition) is 2. The maximum atomic E-state index is 14.3. The smallest absolute Gasteiger partial charge is 0.277 e. The van der Waals surface area contributed by atoms with Crippen LogP contribution >= 0.6 is 0 Å². The van der Waals surface area contributed by atoms with E-state index in [2.05, 4.69) is 19.8 Å². The first kappa shape index (κ1) is 15.8. The SMILES string of the molecule is Cc1ccc(N2C[C@@H]3C[C@H]2CN3c2ncc(C(=O)NO)cn2)c(F)c1. The maximum absolute atomic E-state index is 14.3. The molecule has 2 aromatic rings. The summed E-state index contributed by atoms with van der Waals surface area (Å²) in [7, 11) is 0. The number of nitrogens with one attached hydrogen (secondary N) is 1. The van der Waals surface area contributed by atoms with Crippen molar-refractivity contribution in [3.63, 3.8) is 0 Å². The molecule has 4 rings (SSSR count). The standard InChI is InChI=1S/C17H18FN5O2/c1-10-2-3-15(14(18)4-10)22-8-13-5-12(22)9-23(13)17-19-6-11(7-20-17)16(24)21-25/h2-4,6-7,12-13,25H,5,8-9H2,1H3,(H,21,24)/t12-,13-/m0/s1. The number of carbonyl (C=O) groups excluding carboxylic acids is 1. The van der Waals surface area contributed by atoms with E-state index in [0.717, 1.165) is 12.0 Å². The van der Waals surface area contributed by atoms with Crippen molar-refractivity contribution >= 4 is 17.5 Å². The Balaban J connectivity index is 1.50. The van der Waals surface area contributed by atoms with Crippen molar-refractivity contribution in [3.8, 4) is 0 Å². The summed E-state index contributed by atoms with van der Waals surface area (Å²) in [6.45, 7) is 3.30. The highest BCUT2D eigenvalue weighted by molar-refractivity contribution is 5.92. The van der Waals surface area contributed by atoms with Crippen LogP contribution in [0.5, 0.6) is 0 Å². The second-order valence-electron chi connectivity index (χ2n) is 6.52. The number of hydrogen-bond acceptors (Lipinski definition) is 6. The zero-order chi connectivity index (χ0) is 17.6. The molecule has 0 spiro atoms. The normalized spacial score (nSPS) is 21.7. The molecule has 2 fully saturated rings. The van der Waals surface area contributed by atoms with E-state index in [-0.39, 0.29) is 23.5 Å². The van der Waals surface area contributed by atoms with E-state index < -0.39 is 5.91 Å². The molecular formula is C17H18FN5O2. The third-order valence-corrected chi connectivity index (χ3v) is 4.91. The van der Waals surface area contributed by atoms with Crippen molar-refractivity contribution in [2.24, 2.45) is 0 Å². The number of benzene rings is 1. The van der Waals surface area contributed by atoms with E-state index in [0.29, 0.717) is 24.7 Å². The lowest BCUT2D eigenvalue weighted by atomic mass is 10.2. The van der Waals surface area contributed by atoms with Crippen LogP contribution in [0, 0.1) is 12.7 Å². The number of aromatic nitrogens is 2. The third-order valence-electron chi connectivity index (χ3n) is 4.91. The molecule has 2 aliphatic rings. The van der Waals surface area contributed by atoms with Crippen LogP contribution in [0.1, 0.15) is 22.3 Å². The van der Waals surface area contributed by atoms with E-state index in [1.54, 1.807) is 11.5 Å². The maximum Gasteiger partial charge on any atom is 0.277 e. The number of carbonyl (C=O) groups is 1. The van der Waals surface area contributed by atoms with Gasteiger partial charge in [0.15, 0.2) is 0 Å². The van der Waals surface area contributed by atoms with Gasteiger partial charge in [0.05, 0.1) is 17.3 Å². The molecule has 2 bridgehead atoms. The molecule has 0 saturated carbocycles. The Bertz CT molecular complexity index is 813. The van der Waals surface area contributed by atoms with E-state index >= 15 is 0 Å². The van der Waals surface area contributed by atoms with Gasteiger partial charge in [-0.05, 0) is 31.0 Å². The number of nitrogens with zero attached hydrogens (tertiary/aromatic N) is 4. The fourth-order valence-corrected chi connectivity index (χ4v) is 3.70. The summed E-state index contributed by atoms with van der Waals surface area (Å²) < 4.78 is 14.3. The van der Waals surface area contributed by atoms with Crippen molar-refractivity contribution in [2.75, 3.05) is 22.9 Å². The van der Waals surface area contributed by atoms with Gasteiger partial charge in [0.25, 0.3) is 5.91 Å². The van der Waals surface area contributed by atoms with Gasteiger partial charge in [0.2, 0.25) is 5.95 Å². The molecule has 2 N–H and O–H groups in total. The number of hydroxylamine groups is 1. The van der Waals surface area contributed by atoms with Crippen molar-refractivity contribution in [2.45, 2.75) is 25.4 Å². The monoisotopic (exact) mass is 343 g/mol. The predicted molar refractivity (Wildman–Crippen MR) is 89.3 cm³/mol. The molecule has 0 unspecified atom stereocenters. The molecule has 7 nitrogen and oxygen atoms in total. The fraction of sp³-hybridized carbons (Fsp3) is 0.353. The van der Waals surface area contributed by atoms with Gasteiger partial charge in [0.1, 0.15) is 5.82 Å². The molecule has 8 heteroatoms. The molecular weight excluding hydrogens is 325 g/mol. The van der Waals surface area contributed by atoms with Crippen LogP contribution in [0.4, 0.5) is 16.0 Å². The minimum Gasteiger partial charge on any atom is -0.362 e. The van der Waals surface area contributed by atoms with Crippen LogP contribution in [0.25, 0.3) is 0 Å². The average molecular weight is 343 g/mol. The third kappa shape index (κ3) is 2.68. The van der Waals surface area contributed by atoms with Crippen LogP contribution in [-0.4, -0.2) is 46.3 Å². The summed E-state index contributed by atoms with van der Waals surface area (Å²) in [4.78, 5) is 24.0. The average Bonchev–Trinajstić information content (AvgIpc) is 3.22. The number of anilines is 2. The number of halogens is 1. The predicted octanol–water partition coefficient (Wildman–Crippen LogP) is 1.51. The Kier molecular flexibility index (Phi) is 3.76. The van der Waals surface area contributed by atoms with E-state index in [9.17, 15) is 9.18 Å². The van der Waals surface area contributed by atoms with Crippen molar-refractivity contribution < 1.29 is 14.4 Å². The Morgan fingerprint density at radius 3 is 2.52 bits per heavy atom. The zero-order valence-electron chi connectivity index (χ0n) is 13.7. The van der Waals surface area contributed by atoms with Gasteiger partial charge in [-0.2, -0.15) is 0 Å². The molecule has 2 saturated heterocycles. The molecule has 2 atom stereocenters. The molecule has 3 heterocycles. The Morgan fingerprint density at radius 2 is 1.92 bits per heavy atom. The number of amides is 1. The Hall–Kier alpha value is -2.74. The molecule has 1 aromatic carbocycles. The quantitative estimate of drug-likeness (QED) is 0.649. The van der Waals surface area contributed by atoms with E-state index in [1.807, 2.05) is 19.1 Å². The second-order valence-corrected chi connectivity index (χ2v) is 6.52. The van der Waals surface area contributed by atoms with Gasteiger partial charge in [0, 0.05) is 31.5 Å². The summed E-state index contributed by atoms with van der Waals surface area (Å²) in [6.07, 6.45) is 3.70. The summed E-state index contributed by atoms with van der Waals surface area (Å²) in [5.74, 6) is -0.281.